The number of nitrogens with one attached hydrogen (secondary N) is 1. The van der Waals surface area contributed by atoms with E-state index in [4.69, 9.17) is 27.7 Å². The van der Waals surface area contributed by atoms with E-state index in [1.165, 1.54) is 6.08 Å². The van der Waals surface area contributed by atoms with Crippen LogP contribution in [0.5, 0.6) is 11.5 Å². The molecule has 2 aliphatic heterocycles. The van der Waals surface area contributed by atoms with Crippen molar-refractivity contribution in [3.63, 3.8) is 0 Å². The Balaban J connectivity index is 1.49. The van der Waals surface area contributed by atoms with Gasteiger partial charge in [-0.15, -0.1) is 0 Å². The second kappa shape index (κ2) is 13.0. The molecular formula is C28H37N9O4. The number of phenols is 1. The van der Waals surface area contributed by atoms with Gasteiger partial charge in [0, 0.05) is 37.8 Å². The van der Waals surface area contributed by atoms with Crippen molar-refractivity contribution in [3.05, 3.63) is 65.2 Å². The molecule has 1 fully saturated rings. The minimum absolute atomic E-state index is 0.0531. The van der Waals surface area contributed by atoms with Crippen molar-refractivity contribution < 1.29 is 19.8 Å². The van der Waals surface area contributed by atoms with Crippen molar-refractivity contribution in [3.8, 4) is 11.5 Å². The number of nitrogens with zero attached hydrogens (tertiary/aromatic N) is 4. The number of guanidine groups is 2. The standard InChI is InChI=1S/C28H37N9O4/c29-26(30)35-15-3-1-13-33-23(39)12-6-18-5-11-22-21(17-18)28(24(41-22)19-7-9-20(38)10-8-19)25(37(28)40)34-14-2-4-16-36-27(31)32/h5-12,17,24,38,40H,1-4,13-16H2,(H,33,39)(H4,29,30,35)(H4,31,32,36)/b12-6+,34-25?. The molecule has 2 atom stereocenters. The van der Waals surface area contributed by atoms with Gasteiger partial charge < -0.3 is 38.1 Å². The largest absolute Gasteiger partial charge is 0.508 e. The number of aromatic hydroxyl groups is 1. The lowest BCUT2D eigenvalue weighted by Crippen LogP contribution is -2.24. The summed E-state index contributed by atoms with van der Waals surface area (Å²) in [4.78, 5) is 24.9. The number of benzene rings is 2. The first-order valence-corrected chi connectivity index (χ1v) is 13.4. The van der Waals surface area contributed by atoms with E-state index >= 15 is 0 Å². The molecule has 1 amide bonds. The number of rotatable bonds is 13. The molecule has 4 rings (SSSR count). The smallest absolute Gasteiger partial charge is 0.243 e. The molecule has 2 aliphatic rings. The minimum atomic E-state index is -1.02. The van der Waals surface area contributed by atoms with E-state index in [1.54, 1.807) is 30.3 Å². The van der Waals surface area contributed by atoms with Gasteiger partial charge in [-0.3, -0.25) is 25.0 Å². The fourth-order valence-corrected chi connectivity index (χ4v) is 4.76. The Kier molecular flexibility index (Phi) is 9.30. The van der Waals surface area contributed by atoms with Gasteiger partial charge in [-0.1, -0.05) is 18.2 Å². The highest BCUT2D eigenvalue weighted by Gasteiger charge is 2.72. The summed E-state index contributed by atoms with van der Waals surface area (Å²) < 4.78 is 6.33. The van der Waals surface area contributed by atoms with Gasteiger partial charge in [-0.25, -0.2) is 5.06 Å². The van der Waals surface area contributed by atoms with Gasteiger partial charge in [0.05, 0.1) is 0 Å². The van der Waals surface area contributed by atoms with Gasteiger partial charge >= 0.3 is 0 Å². The maximum absolute atomic E-state index is 12.3. The topological polar surface area (TPSA) is 223 Å². The molecular weight excluding hydrogens is 526 g/mol. The van der Waals surface area contributed by atoms with Gasteiger partial charge in [-0.05, 0) is 67.2 Å². The summed E-state index contributed by atoms with van der Waals surface area (Å²) in [7, 11) is 0. The number of aliphatic imine (C=N–C) groups is 3. The van der Waals surface area contributed by atoms with E-state index < -0.39 is 11.6 Å². The molecule has 0 radical (unpaired) electrons. The summed E-state index contributed by atoms with van der Waals surface area (Å²) in [6.45, 7) is 2.00. The second-order valence-corrected chi connectivity index (χ2v) is 9.78. The third-order valence-electron chi connectivity index (χ3n) is 6.79. The average Bonchev–Trinajstić information content (AvgIpc) is 3.37. The van der Waals surface area contributed by atoms with Gasteiger partial charge in [0.2, 0.25) is 5.91 Å². The first-order valence-electron chi connectivity index (χ1n) is 13.4. The number of phenolic OH excluding ortho intramolecular Hbond substituents is 1. The van der Waals surface area contributed by atoms with Gasteiger partial charge in [0.1, 0.15) is 11.5 Å². The zero-order chi connectivity index (χ0) is 29.4. The summed E-state index contributed by atoms with van der Waals surface area (Å²) in [6, 6.07) is 12.2. The lowest BCUT2D eigenvalue weighted by atomic mass is 9.89. The number of carbonyl (C=O) groups excluding carboxylic acids is 1. The van der Waals surface area contributed by atoms with Crippen molar-refractivity contribution in [2.75, 3.05) is 26.2 Å². The highest BCUT2D eigenvalue weighted by atomic mass is 16.6. The maximum Gasteiger partial charge on any atom is 0.243 e. The molecule has 2 unspecified atom stereocenters. The van der Waals surface area contributed by atoms with E-state index in [0.29, 0.717) is 37.8 Å². The Hall–Kier alpha value is -4.78. The van der Waals surface area contributed by atoms with Crippen LogP contribution in [0.1, 0.15) is 48.5 Å². The zero-order valence-corrected chi connectivity index (χ0v) is 22.7. The van der Waals surface area contributed by atoms with Crippen LogP contribution in [-0.4, -0.2) is 65.2 Å². The van der Waals surface area contributed by atoms with Crippen LogP contribution in [0.3, 0.4) is 0 Å². The second-order valence-electron chi connectivity index (χ2n) is 9.78. The van der Waals surface area contributed by atoms with Crippen LogP contribution in [0, 0.1) is 0 Å². The van der Waals surface area contributed by atoms with Crippen molar-refractivity contribution in [2.24, 2.45) is 37.9 Å². The number of unbranched alkanes of at least 4 members (excludes halogenated alkanes) is 2. The molecule has 13 nitrogen and oxygen atoms in total. The summed E-state index contributed by atoms with van der Waals surface area (Å²) >= 11 is 0. The molecule has 2 aromatic rings. The first kappa shape index (κ1) is 29.2. The van der Waals surface area contributed by atoms with E-state index in [2.05, 4.69) is 20.3 Å². The molecule has 2 aromatic carbocycles. The summed E-state index contributed by atoms with van der Waals surface area (Å²) in [5.41, 5.74) is 22.6. The van der Waals surface area contributed by atoms with Crippen LogP contribution in [-0.2, 0) is 10.3 Å². The molecule has 1 spiro atoms. The number of nitrogens with two attached hydrogens (primary N) is 4. The number of hydrogen-bond acceptors (Lipinski definition) is 7. The quantitative estimate of drug-likeness (QED) is 0.0607. The molecule has 13 heteroatoms. The van der Waals surface area contributed by atoms with Gasteiger partial charge in [0.25, 0.3) is 0 Å². The lowest BCUT2D eigenvalue weighted by Gasteiger charge is -2.17. The molecule has 1 saturated heterocycles. The number of carbonyl (C=O) groups is 1. The number of hydroxylamine groups is 2. The van der Waals surface area contributed by atoms with E-state index in [9.17, 15) is 15.1 Å². The number of ether oxygens (including phenoxy) is 1. The molecule has 218 valence electrons. The minimum Gasteiger partial charge on any atom is -0.508 e. The summed E-state index contributed by atoms with van der Waals surface area (Å²) in [6.07, 6.45) is 5.56. The highest BCUT2D eigenvalue weighted by molar-refractivity contribution is 6.08. The predicted molar refractivity (Wildman–Crippen MR) is 157 cm³/mol. The normalized spacial score (nSPS) is 19.7. The number of amides is 1. The van der Waals surface area contributed by atoms with Crippen LogP contribution in [0.4, 0.5) is 0 Å². The number of fused-ring (bicyclic) bond motifs is 2. The lowest BCUT2D eigenvalue weighted by molar-refractivity contribution is -0.116. The molecule has 0 bridgehead atoms. The summed E-state index contributed by atoms with van der Waals surface area (Å²) in [5.74, 6) is 1.10. The van der Waals surface area contributed by atoms with E-state index in [-0.39, 0.29) is 23.6 Å². The Bertz CT molecular complexity index is 1350. The molecule has 0 aromatic heterocycles. The van der Waals surface area contributed by atoms with Crippen molar-refractivity contribution >= 4 is 29.7 Å². The third kappa shape index (κ3) is 6.87. The van der Waals surface area contributed by atoms with Crippen molar-refractivity contribution in [1.29, 1.82) is 0 Å². The SMILES string of the molecule is NC(N)=NCCCCN=C1N(O)C12c1cc(/C=C/C(=O)NCCCCN=C(N)N)ccc1OC2c1ccc(O)cc1. The molecule has 0 aliphatic carbocycles. The third-order valence-corrected chi connectivity index (χ3v) is 6.79. The van der Waals surface area contributed by atoms with Crippen LogP contribution in [0.15, 0.2) is 63.5 Å². The first-order chi connectivity index (χ1) is 19.7. The fourth-order valence-electron chi connectivity index (χ4n) is 4.76. The monoisotopic (exact) mass is 563 g/mol. The summed E-state index contributed by atoms with van der Waals surface area (Å²) in [5, 5.41) is 24.9. The fraction of sp³-hybridized carbons (Fsp3) is 0.357. The molecule has 0 saturated carbocycles. The molecule has 41 heavy (non-hydrogen) atoms. The van der Waals surface area contributed by atoms with Crippen molar-refractivity contribution in [2.45, 2.75) is 37.3 Å². The predicted octanol–water partition coefficient (Wildman–Crippen LogP) is 1.06. The Morgan fingerprint density at radius 3 is 2.32 bits per heavy atom. The van der Waals surface area contributed by atoms with Crippen LogP contribution in [0.2, 0.25) is 0 Å². The number of hydrogen-bond donors (Lipinski definition) is 7. The van der Waals surface area contributed by atoms with Crippen molar-refractivity contribution in [1.82, 2.24) is 10.4 Å². The maximum atomic E-state index is 12.3. The van der Waals surface area contributed by atoms with Gasteiger partial charge in [0.15, 0.2) is 29.4 Å². The highest BCUT2D eigenvalue weighted by Crippen LogP contribution is 2.61. The average molecular weight is 564 g/mol. The van der Waals surface area contributed by atoms with Crippen LogP contribution < -0.4 is 33.0 Å². The van der Waals surface area contributed by atoms with Crippen LogP contribution in [0.25, 0.3) is 6.08 Å². The zero-order valence-electron chi connectivity index (χ0n) is 22.7. The van der Waals surface area contributed by atoms with E-state index in [1.807, 2.05) is 18.2 Å². The van der Waals surface area contributed by atoms with E-state index in [0.717, 1.165) is 47.4 Å². The molecule has 11 N–H and O–H groups in total. The Labute approximate surface area is 238 Å². The van der Waals surface area contributed by atoms with Gasteiger partial charge in [-0.2, -0.15) is 0 Å². The molecule has 2 heterocycles. The number of amidine groups is 1. The van der Waals surface area contributed by atoms with Crippen LogP contribution >= 0.6 is 0 Å². The Morgan fingerprint density at radius 2 is 1.63 bits per heavy atom. The Morgan fingerprint density at radius 1 is 0.976 bits per heavy atom.